The van der Waals surface area contributed by atoms with Crippen LogP contribution in [0.1, 0.15) is 20.9 Å². The van der Waals surface area contributed by atoms with Gasteiger partial charge in [-0.2, -0.15) is 0 Å². The Morgan fingerprint density at radius 2 is 2.00 bits per heavy atom. The van der Waals surface area contributed by atoms with E-state index in [0.29, 0.717) is 0 Å². The lowest BCUT2D eigenvalue weighted by atomic mass is 10.1. The number of halogens is 1. The first-order valence-electron chi connectivity index (χ1n) is 4.25. The van der Waals surface area contributed by atoms with Crippen LogP contribution in [0.2, 0.25) is 0 Å². The molecule has 0 aliphatic heterocycles. The topological polar surface area (TPSA) is 93.5 Å². The van der Waals surface area contributed by atoms with Crippen LogP contribution in [0.3, 0.4) is 0 Å². The average Bonchev–Trinajstić information content (AvgIpc) is 2.59. The molecule has 0 saturated carbocycles. The van der Waals surface area contributed by atoms with E-state index in [4.69, 9.17) is 15.3 Å². The Balaban J connectivity index is 2.80. The first kappa shape index (κ1) is 10.2. The maximum absolute atomic E-state index is 13.1. The zero-order valence-electron chi connectivity index (χ0n) is 7.86. The second-order valence-corrected chi connectivity index (χ2v) is 3.15. The summed E-state index contributed by atoms with van der Waals surface area (Å²) >= 11 is 0. The summed E-state index contributed by atoms with van der Waals surface area (Å²) in [7, 11) is 0. The van der Waals surface area contributed by atoms with E-state index in [-0.39, 0.29) is 22.3 Å². The Morgan fingerprint density at radius 3 is 2.56 bits per heavy atom. The Morgan fingerprint density at radius 1 is 1.31 bits per heavy atom. The lowest BCUT2D eigenvalue weighted by Crippen LogP contribution is -2.11. The zero-order valence-corrected chi connectivity index (χ0v) is 7.86. The standard InChI is InChI=1S/C10H6FNO4/c11-5-1-4-2-7(10(14)15)16-8(4)6(3-5)9(12)13/h1-3H,(H2,12,13)(H,14,15). The molecule has 2 rings (SSSR count). The molecule has 1 heterocycles. The van der Waals surface area contributed by atoms with Crippen molar-refractivity contribution in [2.75, 3.05) is 0 Å². The zero-order chi connectivity index (χ0) is 11.9. The molecule has 0 bridgehead atoms. The lowest BCUT2D eigenvalue weighted by Gasteiger charge is -1.96. The van der Waals surface area contributed by atoms with Gasteiger partial charge in [-0.1, -0.05) is 0 Å². The second-order valence-electron chi connectivity index (χ2n) is 3.15. The number of benzene rings is 1. The Labute approximate surface area is 88.3 Å². The number of nitrogens with two attached hydrogens (primary N) is 1. The molecular weight excluding hydrogens is 217 g/mol. The molecule has 0 fully saturated rings. The van der Waals surface area contributed by atoms with Gasteiger partial charge in [0.05, 0.1) is 5.56 Å². The molecular formula is C10H6FNO4. The van der Waals surface area contributed by atoms with Crippen molar-refractivity contribution in [2.45, 2.75) is 0 Å². The number of carboxylic acids is 1. The van der Waals surface area contributed by atoms with Gasteiger partial charge in [0.25, 0.3) is 5.91 Å². The monoisotopic (exact) mass is 223 g/mol. The molecule has 6 heteroatoms. The van der Waals surface area contributed by atoms with E-state index in [0.717, 1.165) is 18.2 Å². The SMILES string of the molecule is NC(=O)c1cc(F)cc2cc(C(=O)O)oc12. The number of aromatic carboxylic acids is 1. The number of amides is 1. The molecule has 0 atom stereocenters. The van der Waals surface area contributed by atoms with Crippen LogP contribution in [0.4, 0.5) is 4.39 Å². The molecule has 1 aromatic heterocycles. The number of rotatable bonds is 2. The van der Waals surface area contributed by atoms with Crippen molar-refractivity contribution in [1.29, 1.82) is 0 Å². The number of furan rings is 1. The minimum atomic E-state index is -1.30. The van der Waals surface area contributed by atoms with Crippen LogP contribution < -0.4 is 5.73 Å². The third-order valence-corrected chi connectivity index (χ3v) is 2.06. The molecule has 82 valence electrons. The number of carbonyl (C=O) groups excluding carboxylic acids is 1. The number of hydrogen-bond donors (Lipinski definition) is 2. The van der Waals surface area contributed by atoms with Crippen molar-refractivity contribution in [2.24, 2.45) is 5.73 Å². The van der Waals surface area contributed by atoms with Gasteiger partial charge >= 0.3 is 5.97 Å². The summed E-state index contributed by atoms with van der Waals surface area (Å²) in [4.78, 5) is 21.6. The van der Waals surface area contributed by atoms with Gasteiger partial charge in [0.15, 0.2) is 0 Å². The average molecular weight is 223 g/mol. The van der Waals surface area contributed by atoms with E-state index >= 15 is 0 Å². The van der Waals surface area contributed by atoms with Crippen LogP contribution in [0, 0.1) is 5.82 Å². The predicted octanol–water partition coefficient (Wildman–Crippen LogP) is 1.37. The largest absolute Gasteiger partial charge is 0.475 e. The Kier molecular flexibility index (Phi) is 2.12. The summed E-state index contributed by atoms with van der Waals surface area (Å²) in [5.74, 6) is -3.23. The summed E-state index contributed by atoms with van der Waals surface area (Å²) in [6.45, 7) is 0. The summed E-state index contributed by atoms with van der Waals surface area (Å²) in [5, 5.41) is 8.87. The van der Waals surface area contributed by atoms with Crippen LogP contribution >= 0.6 is 0 Å². The van der Waals surface area contributed by atoms with Gasteiger partial charge in [0.1, 0.15) is 11.4 Å². The fourth-order valence-corrected chi connectivity index (χ4v) is 1.40. The molecule has 0 saturated heterocycles. The van der Waals surface area contributed by atoms with E-state index in [1.807, 2.05) is 0 Å². The van der Waals surface area contributed by atoms with Crippen molar-refractivity contribution in [3.05, 3.63) is 35.3 Å². The molecule has 2 aromatic rings. The van der Waals surface area contributed by atoms with Gasteiger partial charge < -0.3 is 15.3 Å². The molecule has 0 aliphatic rings. The van der Waals surface area contributed by atoms with E-state index in [9.17, 15) is 14.0 Å². The molecule has 1 aromatic carbocycles. The van der Waals surface area contributed by atoms with E-state index in [1.165, 1.54) is 0 Å². The number of carbonyl (C=O) groups is 2. The van der Waals surface area contributed by atoms with Crippen molar-refractivity contribution in [1.82, 2.24) is 0 Å². The summed E-state index contributed by atoms with van der Waals surface area (Å²) in [6.07, 6.45) is 0. The van der Waals surface area contributed by atoms with Gasteiger partial charge in [-0.25, -0.2) is 9.18 Å². The van der Waals surface area contributed by atoms with Crippen LogP contribution in [0.25, 0.3) is 11.0 Å². The van der Waals surface area contributed by atoms with Crippen LogP contribution in [0.5, 0.6) is 0 Å². The third kappa shape index (κ3) is 1.50. The summed E-state index contributed by atoms with van der Waals surface area (Å²) in [5.41, 5.74) is 4.82. The maximum atomic E-state index is 13.1. The molecule has 0 aliphatic carbocycles. The molecule has 16 heavy (non-hydrogen) atoms. The van der Waals surface area contributed by atoms with Gasteiger partial charge in [0, 0.05) is 5.39 Å². The molecule has 0 unspecified atom stereocenters. The lowest BCUT2D eigenvalue weighted by molar-refractivity contribution is 0.0664. The predicted molar refractivity (Wildman–Crippen MR) is 51.6 cm³/mol. The van der Waals surface area contributed by atoms with Crippen molar-refractivity contribution in [3.8, 4) is 0 Å². The highest BCUT2D eigenvalue weighted by Gasteiger charge is 2.17. The van der Waals surface area contributed by atoms with E-state index < -0.39 is 17.7 Å². The van der Waals surface area contributed by atoms with Crippen molar-refractivity contribution in [3.63, 3.8) is 0 Å². The van der Waals surface area contributed by atoms with Gasteiger partial charge in [-0.3, -0.25) is 4.79 Å². The van der Waals surface area contributed by atoms with Crippen LogP contribution in [-0.2, 0) is 0 Å². The van der Waals surface area contributed by atoms with E-state index in [2.05, 4.69) is 0 Å². The highest BCUT2D eigenvalue weighted by atomic mass is 19.1. The van der Waals surface area contributed by atoms with Crippen LogP contribution in [-0.4, -0.2) is 17.0 Å². The summed E-state index contributed by atoms with van der Waals surface area (Å²) < 4.78 is 18.0. The molecule has 1 amide bonds. The molecule has 5 nitrogen and oxygen atoms in total. The van der Waals surface area contributed by atoms with Crippen molar-refractivity contribution < 1.29 is 23.5 Å². The van der Waals surface area contributed by atoms with Gasteiger partial charge in [0.2, 0.25) is 5.76 Å². The minimum absolute atomic E-state index is 0.0219. The molecule has 0 spiro atoms. The fraction of sp³-hybridized carbons (Fsp3) is 0. The maximum Gasteiger partial charge on any atom is 0.371 e. The van der Waals surface area contributed by atoms with Gasteiger partial charge in [-0.15, -0.1) is 0 Å². The fourth-order valence-electron chi connectivity index (χ4n) is 1.40. The molecule has 3 N–H and O–H groups in total. The number of primary amides is 1. The number of fused-ring (bicyclic) bond motifs is 1. The highest BCUT2D eigenvalue weighted by molar-refractivity contribution is 6.05. The minimum Gasteiger partial charge on any atom is -0.475 e. The second kappa shape index (κ2) is 3.34. The Bertz CT molecular complexity index is 602. The smallest absolute Gasteiger partial charge is 0.371 e. The van der Waals surface area contributed by atoms with Crippen molar-refractivity contribution >= 4 is 22.8 Å². The first-order valence-corrected chi connectivity index (χ1v) is 4.25. The Hall–Kier alpha value is -2.37. The van der Waals surface area contributed by atoms with E-state index in [1.54, 1.807) is 0 Å². The highest BCUT2D eigenvalue weighted by Crippen LogP contribution is 2.24. The van der Waals surface area contributed by atoms with Gasteiger partial charge in [-0.05, 0) is 18.2 Å². The summed E-state index contributed by atoms with van der Waals surface area (Å²) in [6, 6.07) is 3.10. The first-order chi connectivity index (χ1) is 7.49. The number of carboxylic acid groups (broad SMARTS) is 1. The quantitative estimate of drug-likeness (QED) is 0.803. The van der Waals surface area contributed by atoms with Crippen LogP contribution in [0.15, 0.2) is 22.6 Å². The normalized spacial score (nSPS) is 10.6. The molecule has 0 radical (unpaired) electrons. The number of hydrogen-bond acceptors (Lipinski definition) is 3. The third-order valence-electron chi connectivity index (χ3n) is 2.06.